The fourth-order valence-corrected chi connectivity index (χ4v) is 13.9. The molecule has 0 aromatic heterocycles. The Balaban J connectivity index is 0.00000343. The largest absolute Gasteiger partial charge is 0.457 e. The van der Waals surface area contributed by atoms with Gasteiger partial charge in [-0.1, -0.05) is 34.6 Å². The molecule has 0 amide bonds. The predicted octanol–water partition coefficient (Wildman–Crippen LogP) is 5.63. The first kappa shape index (κ1) is 33.5. The van der Waals surface area contributed by atoms with Crippen molar-refractivity contribution >= 4 is 18.4 Å². The molecule has 0 radical (unpaired) electrons. The number of aliphatic hydroxyl groups is 2. The zero-order valence-corrected chi connectivity index (χ0v) is 29.4. The minimum Gasteiger partial charge on any atom is -0.457 e. The van der Waals surface area contributed by atoms with Gasteiger partial charge in [0.1, 0.15) is 0 Å². The number of nitrogens with zero attached hydrogens (tertiary/aromatic N) is 1. The normalized spacial score (nSPS) is 51.8. The van der Waals surface area contributed by atoms with E-state index in [0.717, 1.165) is 45.1 Å². The fraction of sp³-hybridized carbons (Fsp3) is 0.972. The summed E-state index contributed by atoms with van der Waals surface area (Å²) in [6.07, 6.45) is 7.51. The third-order valence-electron chi connectivity index (χ3n) is 15.6. The molecule has 2 saturated heterocycles. The molecule has 44 heavy (non-hydrogen) atoms. The number of hydrogen-bond donors (Lipinski definition) is 2. The Hall–Kier alpha value is -0.440. The molecule has 2 spiro atoms. The van der Waals surface area contributed by atoms with Crippen LogP contribution < -0.4 is 0 Å². The maximum absolute atomic E-state index is 12.5. The van der Waals surface area contributed by atoms with Crippen molar-refractivity contribution in [3.63, 3.8) is 0 Å². The van der Waals surface area contributed by atoms with Crippen molar-refractivity contribution in [3.05, 3.63) is 0 Å². The lowest BCUT2D eigenvalue weighted by Gasteiger charge is -2.64. The molecule has 7 fully saturated rings. The van der Waals surface area contributed by atoms with Gasteiger partial charge in [-0.25, -0.2) is 0 Å². The van der Waals surface area contributed by atoms with E-state index in [4.69, 9.17) is 14.2 Å². The van der Waals surface area contributed by atoms with E-state index in [0.29, 0.717) is 28.7 Å². The number of aliphatic hydroxyl groups excluding tert-OH is 1. The smallest absolute Gasteiger partial charge is 0.303 e. The molecular weight excluding hydrogens is 578 g/mol. The molecule has 0 bridgehead atoms. The van der Waals surface area contributed by atoms with Gasteiger partial charge in [-0.2, -0.15) is 0 Å². The average molecular weight is 638 g/mol. The van der Waals surface area contributed by atoms with Crippen LogP contribution in [0.2, 0.25) is 0 Å². The molecule has 0 aromatic rings. The number of carbonyl (C=O) groups excluding carboxylic acids is 1. The highest BCUT2D eigenvalue weighted by Crippen LogP contribution is 2.89. The number of esters is 1. The van der Waals surface area contributed by atoms with Gasteiger partial charge in [0.15, 0.2) is 6.10 Å². The first-order chi connectivity index (χ1) is 20.0. The second kappa shape index (κ2) is 10.5. The van der Waals surface area contributed by atoms with E-state index in [1.165, 1.54) is 45.4 Å². The second-order valence-corrected chi connectivity index (χ2v) is 17.9. The number of hydrogen-bond acceptors (Lipinski definition) is 7. The van der Waals surface area contributed by atoms with Crippen LogP contribution in [0, 0.1) is 50.7 Å². The monoisotopic (exact) mass is 637 g/mol. The van der Waals surface area contributed by atoms with Crippen LogP contribution in [0.5, 0.6) is 0 Å². The molecule has 5 saturated carbocycles. The standard InChI is InChI=1S/C36H59NO6.ClH/c1-21-19-23(30(32(5,6)40)42-22(2)38)43-28-27(21)33(7)13-14-36-20-35(36)12-11-26(37-15-17-41-18-16-37)31(3,4)24(35)9-10-25(36)34(33,8)29(28)39;/h21,23-30,39-40H,9-20H2,1-8H3;1H/t21-,23-,24+,25+,26-,27?,28?,29+,30+,33-,34-,35-,36+;/m1./s1. The average Bonchev–Trinajstić information content (AvgIpc) is 3.56. The lowest BCUT2D eigenvalue weighted by atomic mass is 9.41. The molecule has 7 aliphatic rings. The molecule has 2 heterocycles. The third kappa shape index (κ3) is 4.20. The van der Waals surface area contributed by atoms with E-state index < -0.39 is 29.9 Å². The van der Waals surface area contributed by atoms with Crippen molar-refractivity contribution in [2.45, 2.75) is 143 Å². The quantitative estimate of drug-likeness (QED) is 0.387. The van der Waals surface area contributed by atoms with Crippen LogP contribution in [0.1, 0.15) is 107 Å². The van der Waals surface area contributed by atoms with Crippen LogP contribution in [0.25, 0.3) is 0 Å². The first-order valence-electron chi connectivity index (χ1n) is 17.6. The molecule has 2 N–H and O–H groups in total. The van der Waals surface area contributed by atoms with Crippen molar-refractivity contribution in [3.8, 4) is 0 Å². The van der Waals surface area contributed by atoms with E-state index >= 15 is 0 Å². The lowest BCUT2D eigenvalue weighted by Crippen LogP contribution is -2.62. The van der Waals surface area contributed by atoms with Gasteiger partial charge >= 0.3 is 5.97 Å². The highest BCUT2D eigenvalue weighted by Gasteiger charge is 2.84. The number of rotatable bonds is 4. The van der Waals surface area contributed by atoms with Gasteiger partial charge in [-0.3, -0.25) is 9.69 Å². The summed E-state index contributed by atoms with van der Waals surface area (Å²) < 4.78 is 18.3. The maximum atomic E-state index is 12.5. The molecule has 2 unspecified atom stereocenters. The Kier molecular flexibility index (Phi) is 8.01. The highest BCUT2D eigenvalue weighted by atomic mass is 35.5. The number of carbonyl (C=O) groups is 1. The van der Waals surface area contributed by atoms with Gasteiger partial charge < -0.3 is 24.4 Å². The zero-order valence-electron chi connectivity index (χ0n) is 28.6. The van der Waals surface area contributed by atoms with E-state index in [2.05, 4.69) is 39.5 Å². The van der Waals surface area contributed by atoms with Gasteiger partial charge in [0.05, 0.1) is 37.1 Å². The van der Waals surface area contributed by atoms with Crippen LogP contribution in [0.15, 0.2) is 0 Å². The summed E-state index contributed by atoms with van der Waals surface area (Å²) in [4.78, 5) is 14.8. The Morgan fingerprint density at radius 3 is 2.27 bits per heavy atom. The lowest BCUT2D eigenvalue weighted by molar-refractivity contribution is -0.216. The molecule has 0 aromatic carbocycles. The van der Waals surface area contributed by atoms with Crippen molar-refractivity contribution < 1.29 is 29.2 Å². The van der Waals surface area contributed by atoms with Crippen LogP contribution in [-0.2, 0) is 19.0 Å². The number of fused-ring (bicyclic) bond motifs is 4. The Morgan fingerprint density at radius 2 is 1.64 bits per heavy atom. The molecule has 252 valence electrons. The predicted molar refractivity (Wildman–Crippen MR) is 171 cm³/mol. The van der Waals surface area contributed by atoms with Gasteiger partial charge in [0.25, 0.3) is 0 Å². The highest BCUT2D eigenvalue weighted by molar-refractivity contribution is 5.85. The van der Waals surface area contributed by atoms with Crippen molar-refractivity contribution in [2.75, 3.05) is 26.3 Å². The third-order valence-corrected chi connectivity index (χ3v) is 15.6. The van der Waals surface area contributed by atoms with Crippen LogP contribution in [0.3, 0.4) is 0 Å². The van der Waals surface area contributed by atoms with Gasteiger partial charge in [-0.05, 0) is 111 Å². The minimum absolute atomic E-state index is 0. The van der Waals surface area contributed by atoms with Crippen LogP contribution in [0.4, 0.5) is 0 Å². The summed E-state index contributed by atoms with van der Waals surface area (Å²) in [5, 5.41) is 23.5. The maximum Gasteiger partial charge on any atom is 0.303 e. The summed E-state index contributed by atoms with van der Waals surface area (Å²) in [6.45, 7) is 21.0. The van der Waals surface area contributed by atoms with Gasteiger partial charge in [0.2, 0.25) is 0 Å². The topological polar surface area (TPSA) is 88.5 Å². The first-order valence-corrected chi connectivity index (χ1v) is 17.6. The van der Waals surface area contributed by atoms with E-state index in [9.17, 15) is 15.0 Å². The summed E-state index contributed by atoms with van der Waals surface area (Å²) in [5.41, 5.74) is -0.447. The van der Waals surface area contributed by atoms with Crippen molar-refractivity contribution in [2.24, 2.45) is 50.7 Å². The second-order valence-electron chi connectivity index (χ2n) is 17.9. The number of halogens is 1. The molecular formula is C36H60ClNO6. The Labute approximate surface area is 271 Å². The summed E-state index contributed by atoms with van der Waals surface area (Å²) in [7, 11) is 0. The molecule has 8 heteroatoms. The summed E-state index contributed by atoms with van der Waals surface area (Å²) >= 11 is 0. The summed E-state index contributed by atoms with van der Waals surface area (Å²) in [5.74, 6) is 1.38. The van der Waals surface area contributed by atoms with Crippen LogP contribution >= 0.6 is 12.4 Å². The van der Waals surface area contributed by atoms with Gasteiger partial charge in [-0.15, -0.1) is 12.4 Å². The van der Waals surface area contributed by atoms with E-state index in [1.54, 1.807) is 13.8 Å². The molecule has 5 aliphatic carbocycles. The minimum atomic E-state index is -1.23. The van der Waals surface area contributed by atoms with Crippen LogP contribution in [-0.4, -0.2) is 83.4 Å². The Morgan fingerprint density at radius 1 is 1.00 bits per heavy atom. The molecule has 13 atom stereocenters. The number of ether oxygens (including phenoxy) is 3. The van der Waals surface area contributed by atoms with Gasteiger partial charge in [0, 0.05) is 31.5 Å². The fourth-order valence-electron chi connectivity index (χ4n) is 13.9. The SMILES string of the molecule is CC(=O)O[C@@H]([C@H]1C[C@@H](C)C2C(O1)[C@H](O)[C@@]1(C)[C@@H]3CC[C@H]4C(C)(C)[C@H](N5CCOCC5)CC[C@@]45C[C@@]35CC[C@]21C)C(C)(C)O.Cl. The zero-order chi connectivity index (χ0) is 31.0. The molecule has 7 nitrogen and oxygen atoms in total. The van der Waals surface area contributed by atoms with Crippen molar-refractivity contribution in [1.29, 1.82) is 0 Å². The Bertz CT molecular complexity index is 1140. The molecule has 2 aliphatic heterocycles. The van der Waals surface area contributed by atoms with E-state index in [-0.39, 0.29) is 40.7 Å². The number of morpholine rings is 1. The van der Waals surface area contributed by atoms with Crippen molar-refractivity contribution in [1.82, 2.24) is 4.90 Å². The van der Waals surface area contributed by atoms with E-state index in [1.807, 2.05) is 0 Å². The summed E-state index contributed by atoms with van der Waals surface area (Å²) in [6, 6.07) is 0.637. The molecule has 7 rings (SSSR count).